The summed E-state index contributed by atoms with van der Waals surface area (Å²) in [5.74, 6) is 0.316. The van der Waals surface area contributed by atoms with Crippen LogP contribution in [0.4, 0.5) is 5.69 Å². The second-order valence-electron chi connectivity index (χ2n) is 6.46. The minimum atomic E-state index is -0.000254. The number of aryl methyl sites for hydroxylation is 1. The van der Waals surface area contributed by atoms with Crippen molar-refractivity contribution in [3.63, 3.8) is 0 Å². The standard InChI is InChI=1S/C16H21NO2/c1-16(2,3)10-14(18)12-5-7-13-11(9-12)6-8-15(19)17(13)4/h5,7,9H,6,8,10H2,1-4H3. The van der Waals surface area contributed by atoms with E-state index >= 15 is 0 Å². The molecule has 1 heterocycles. The maximum absolute atomic E-state index is 12.2. The van der Waals surface area contributed by atoms with Crippen LogP contribution in [0.5, 0.6) is 0 Å². The summed E-state index contributed by atoms with van der Waals surface area (Å²) in [6, 6.07) is 5.68. The van der Waals surface area contributed by atoms with Gasteiger partial charge < -0.3 is 4.90 Å². The van der Waals surface area contributed by atoms with Gasteiger partial charge in [-0.25, -0.2) is 0 Å². The molecule has 1 aromatic rings. The van der Waals surface area contributed by atoms with Crippen molar-refractivity contribution in [3.8, 4) is 0 Å². The van der Waals surface area contributed by atoms with E-state index in [-0.39, 0.29) is 17.1 Å². The maximum Gasteiger partial charge on any atom is 0.227 e. The highest BCUT2D eigenvalue weighted by Gasteiger charge is 2.23. The Bertz CT molecular complexity index is 526. The number of benzene rings is 1. The van der Waals surface area contributed by atoms with E-state index < -0.39 is 0 Å². The molecule has 0 saturated heterocycles. The van der Waals surface area contributed by atoms with Crippen molar-refractivity contribution in [1.29, 1.82) is 0 Å². The summed E-state index contributed by atoms with van der Waals surface area (Å²) in [5.41, 5.74) is 2.79. The van der Waals surface area contributed by atoms with E-state index in [9.17, 15) is 9.59 Å². The minimum absolute atomic E-state index is 0.000254. The van der Waals surface area contributed by atoms with Gasteiger partial charge in [-0.1, -0.05) is 20.8 Å². The molecule has 1 aliphatic rings. The molecule has 3 nitrogen and oxygen atoms in total. The Kier molecular flexibility index (Phi) is 3.48. The molecule has 0 spiro atoms. The highest BCUT2D eigenvalue weighted by Crippen LogP contribution is 2.29. The molecule has 19 heavy (non-hydrogen) atoms. The first kappa shape index (κ1) is 13.8. The number of fused-ring (bicyclic) bond motifs is 1. The number of ketones is 1. The molecule has 3 heteroatoms. The molecule has 1 amide bonds. The monoisotopic (exact) mass is 259 g/mol. The van der Waals surface area contributed by atoms with Gasteiger partial charge in [0.25, 0.3) is 0 Å². The van der Waals surface area contributed by atoms with Crippen molar-refractivity contribution in [2.75, 3.05) is 11.9 Å². The van der Waals surface area contributed by atoms with Crippen LogP contribution < -0.4 is 4.90 Å². The largest absolute Gasteiger partial charge is 0.315 e. The molecule has 0 radical (unpaired) electrons. The van der Waals surface area contributed by atoms with Crippen LogP contribution in [0.2, 0.25) is 0 Å². The lowest BCUT2D eigenvalue weighted by Crippen LogP contribution is -2.31. The highest BCUT2D eigenvalue weighted by molar-refractivity contribution is 5.99. The molecule has 0 aliphatic carbocycles. The van der Waals surface area contributed by atoms with E-state index in [1.807, 2.05) is 18.2 Å². The first-order chi connectivity index (χ1) is 8.78. The minimum Gasteiger partial charge on any atom is -0.315 e. The average molecular weight is 259 g/mol. The Balaban J connectivity index is 2.27. The highest BCUT2D eigenvalue weighted by atomic mass is 16.2. The SMILES string of the molecule is CN1C(=O)CCc2cc(C(=O)CC(C)(C)C)ccc21. The average Bonchev–Trinajstić information content (AvgIpc) is 2.31. The van der Waals surface area contributed by atoms with Gasteiger partial charge in [-0.05, 0) is 35.6 Å². The summed E-state index contributed by atoms with van der Waals surface area (Å²) in [6.45, 7) is 6.20. The molecular weight excluding hydrogens is 238 g/mol. The summed E-state index contributed by atoms with van der Waals surface area (Å²) in [5, 5.41) is 0. The van der Waals surface area contributed by atoms with Gasteiger partial charge in [0.05, 0.1) is 0 Å². The molecular formula is C16H21NO2. The summed E-state index contributed by atoms with van der Waals surface area (Å²) in [7, 11) is 1.79. The molecule has 0 saturated carbocycles. The quantitative estimate of drug-likeness (QED) is 0.765. The number of nitrogens with zero attached hydrogens (tertiary/aromatic N) is 1. The summed E-state index contributed by atoms with van der Waals surface area (Å²) in [4.78, 5) is 25.5. The van der Waals surface area contributed by atoms with Gasteiger partial charge in [0.2, 0.25) is 5.91 Å². The Morgan fingerprint density at radius 2 is 1.95 bits per heavy atom. The lowest BCUT2D eigenvalue weighted by atomic mass is 9.87. The molecule has 2 rings (SSSR count). The normalized spacial score (nSPS) is 15.4. The zero-order valence-corrected chi connectivity index (χ0v) is 12.1. The third kappa shape index (κ3) is 3.03. The maximum atomic E-state index is 12.2. The van der Waals surface area contributed by atoms with Gasteiger partial charge in [0, 0.05) is 31.1 Å². The number of hydrogen-bond acceptors (Lipinski definition) is 2. The van der Waals surface area contributed by atoms with Crippen molar-refractivity contribution < 1.29 is 9.59 Å². The van der Waals surface area contributed by atoms with Gasteiger partial charge in [-0.3, -0.25) is 9.59 Å². The van der Waals surface area contributed by atoms with Crippen molar-refractivity contribution in [2.45, 2.75) is 40.0 Å². The van der Waals surface area contributed by atoms with Crippen LogP contribution in [0.15, 0.2) is 18.2 Å². The Labute approximate surface area is 114 Å². The van der Waals surface area contributed by atoms with Gasteiger partial charge in [0.15, 0.2) is 5.78 Å². The van der Waals surface area contributed by atoms with Crippen LogP contribution in [-0.2, 0) is 11.2 Å². The van der Waals surface area contributed by atoms with E-state index in [1.165, 1.54) is 0 Å². The second-order valence-corrected chi connectivity index (χ2v) is 6.46. The Hall–Kier alpha value is -1.64. The van der Waals surface area contributed by atoms with Gasteiger partial charge in [0.1, 0.15) is 0 Å². The molecule has 102 valence electrons. The molecule has 0 N–H and O–H groups in total. The number of anilines is 1. The number of amides is 1. The van der Waals surface area contributed by atoms with Crippen LogP contribution in [0.3, 0.4) is 0 Å². The third-order valence-electron chi connectivity index (χ3n) is 3.44. The van der Waals surface area contributed by atoms with Crippen LogP contribution in [0.25, 0.3) is 0 Å². The molecule has 0 aromatic heterocycles. The predicted molar refractivity (Wildman–Crippen MR) is 76.6 cm³/mol. The number of rotatable bonds is 2. The third-order valence-corrected chi connectivity index (χ3v) is 3.44. The smallest absolute Gasteiger partial charge is 0.227 e. The molecule has 1 aromatic carbocycles. The van der Waals surface area contributed by atoms with Crippen molar-refractivity contribution in [1.82, 2.24) is 0 Å². The zero-order valence-electron chi connectivity index (χ0n) is 12.1. The van der Waals surface area contributed by atoms with E-state index in [0.29, 0.717) is 12.8 Å². The molecule has 0 atom stereocenters. The van der Waals surface area contributed by atoms with Crippen LogP contribution in [0.1, 0.15) is 49.5 Å². The fourth-order valence-electron chi connectivity index (χ4n) is 2.41. The van der Waals surface area contributed by atoms with E-state index in [2.05, 4.69) is 20.8 Å². The number of carbonyl (C=O) groups excluding carboxylic acids is 2. The zero-order chi connectivity index (χ0) is 14.2. The molecule has 0 unspecified atom stereocenters. The molecule has 0 fully saturated rings. The van der Waals surface area contributed by atoms with Crippen LogP contribution >= 0.6 is 0 Å². The fourth-order valence-corrected chi connectivity index (χ4v) is 2.41. The van der Waals surface area contributed by atoms with Crippen LogP contribution in [-0.4, -0.2) is 18.7 Å². The Morgan fingerprint density at radius 1 is 1.26 bits per heavy atom. The lowest BCUT2D eigenvalue weighted by molar-refractivity contribution is -0.118. The number of hydrogen-bond donors (Lipinski definition) is 0. The fraction of sp³-hybridized carbons (Fsp3) is 0.500. The second kappa shape index (κ2) is 4.80. The van der Waals surface area contributed by atoms with Crippen molar-refractivity contribution in [3.05, 3.63) is 29.3 Å². The topological polar surface area (TPSA) is 37.4 Å². The van der Waals surface area contributed by atoms with Gasteiger partial charge in [-0.15, -0.1) is 0 Å². The predicted octanol–water partition coefficient (Wildman–Crippen LogP) is 3.21. The van der Waals surface area contributed by atoms with E-state index in [4.69, 9.17) is 0 Å². The Morgan fingerprint density at radius 3 is 2.58 bits per heavy atom. The molecule has 1 aliphatic heterocycles. The van der Waals surface area contributed by atoms with Crippen molar-refractivity contribution in [2.24, 2.45) is 5.41 Å². The van der Waals surface area contributed by atoms with Crippen molar-refractivity contribution >= 4 is 17.4 Å². The molecule has 0 bridgehead atoms. The first-order valence-electron chi connectivity index (χ1n) is 6.70. The number of Topliss-reactive ketones (excluding diaryl/α,β-unsaturated/α-hetero) is 1. The van der Waals surface area contributed by atoms with Gasteiger partial charge >= 0.3 is 0 Å². The number of carbonyl (C=O) groups is 2. The van der Waals surface area contributed by atoms with E-state index in [0.717, 1.165) is 23.2 Å². The lowest BCUT2D eigenvalue weighted by Gasteiger charge is -2.26. The summed E-state index contributed by atoms with van der Waals surface area (Å²) < 4.78 is 0. The van der Waals surface area contributed by atoms with Crippen LogP contribution in [0, 0.1) is 5.41 Å². The summed E-state index contributed by atoms with van der Waals surface area (Å²) in [6.07, 6.45) is 1.80. The summed E-state index contributed by atoms with van der Waals surface area (Å²) >= 11 is 0. The first-order valence-corrected chi connectivity index (χ1v) is 6.70. The van der Waals surface area contributed by atoms with E-state index in [1.54, 1.807) is 11.9 Å². The van der Waals surface area contributed by atoms with Gasteiger partial charge in [-0.2, -0.15) is 0 Å².